The van der Waals surface area contributed by atoms with E-state index in [2.05, 4.69) is 26.1 Å². The number of benzene rings is 1. The van der Waals surface area contributed by atoms with Crippen LogP contribution in [0.1, 0.15) is 32.8 Å². The van der Waals surface area contributed by atoms with Crippen LogP contribution >= 0.6 is 0 Å². The molecule has 1 unspecified atom stereocenters. The van der Waals surface area contributed by atoms with Gasteiger partial charge in [0.2, 0.25) is 0 Å². The minimum atomic E-state index is -0.180. The lowest BCUT2D eigenvalue weighted by Crippen LogP contribution is -2.37. The predicted octanol–water partition coefficient (Wildman–Crippen LogP) is 2.75. The van der Waals surface area contributed by atoms with Gasteiger partial charge in [-0.15, -0.1) is 0 Å². The fraction of sp³-hybridized carbons (Fsp3) is 0.600. The van der Waals surface area contributed by atoms with Gasteiger partial charge in [-0.25, -0.2) is 4.39 Å². The van der Waals surface area contributed by atoms with Gasteiger partial charge in [-0.3, -0.25) is 0 Å². The van der Waals surface area contributed by atoms with E-state index < -0.39 is 0 Å². The summed E-state index contributed by atoms with van der Waals surface area (Å²) in [6, 6.07) is 7.03. The second kappa shape index (κ2) is 6.86. The van der Waals surface area contributed by atoms with E-state index >= 15 is 0 Å². The summed E-state index contributed by atoms with van der Waals surface area (Å²) in [5.74, 6) is -0.180. The van der Waals surface area contributed by atoms with Crippen LogP contribution in [0, 0.1) is 11.2 Å². The Morgan fingerprint density at radius 2 is 2.11 bits per heavy atom. The van der Waals surface area contributed by atoms with E-state index in [1.807, 2.05) is 6.07 Å². The zero-order chi connectivity index (χ0) is 13.6. The molecule has 1 aromatic rings. The summed E-state index contributed by atoms with van der Waals surface area (Å²) in [4.78, 5) is 0. The molecular weight excluding hydrogens is 229 g/mol. The second-order valence-corrected chi connectivity index (χ2v) is 5.75. The number of rotatable bonds is 7. The van der Waals surface area contributed by atoms with E-state index in [1.54, 1.807) is 12.1 Å². The van der Waals surface area contributed by atoms with E-state index in [9.17, 15) is 4.39 Å². The molecule has 1 aromatic carbocycles. The number of aliphatic hydroxyl groups is 1. The summed E-state index contributed by atoms with van der Waals surface area (Å²) in [6.07, 6.45) is 1.60. The normalized spacial score (nSPS) is 13.6. The number of hydrogen-bond acceptors (Lipinski definition) is 2. The fourth-order valence-corrected chi connectivity index (χ4v) is 1.93. The predicted molar refractivity (Wildman–Crippen MR) is 73.1 cm³/mol. The monoisotopic (exact) mass is 253 g/mol. The fourth-order valence-electron chi connectivity index (χ4n) is 1.93. The highest BCUT2D eigenvalue weighted by atomic mass is 19.1. The number of hydrogen-bond donors (Lipinski definition) is 2. The van der Waals surface area contributed by atoms with Gasteiger partial charge in [0.15, 0.2) is 0 Å². The van der Waals surface area contributed by atoms with Gasteiger partial charge in [0.1, 0.15) is 5.82 Å². The molecule has 0 fully saturated rings. The first-order chi connectivity index (χ1) is 8.43. The van der Waals surface area contributed by atoms with Gasteiger partial charge in [0, 0.05) is 19.2 Å². The third-order valence-corrected chi connectivity index (χ3v) is 3.15. The SMILES string of the molecule is CC(Cc1cccc(F)c1)NCC(C)(C)CCO. The van der Waals surface area contributed by atoms with Crippen LogP contribution in [-0.4, -0.2) is 24.3 Å². The summed E-state index contributed by atoms with van der Waals surface area (Å²) in [5, 5.41) is 12.4. The van der Waals surface area contributed by atoms with Gasteiger partial charge in [0.05, 0.1) is 0 Å². The molecule has 0 saturated heterocycles. The molecule has 0 heterocycles. The summed E-state index contributed by atoms with van der Waals surface area (Å²) in [5.41, 5.74) is 1.10. The average Bonchev–Trinajstić information content (AvgIpc) is 2.26. The van der Waals surface area contributed by atoms with Gasteiger partial charge >= 0.3 is 0 Å². The van der Waals surface area contributed by atoms with Crippen molar-refractivity contribution < 1.29 is 9.50 Å². The molecule has 2 nitrogen and oxygen atoms in total. The van der Waals surface area contributed by atoms with Crippen LogP contribution in [0.15, 0.2) is 24.3 Å². The lowest BCUT2D eigenvalue weighted by molar-refractivity contribution is 0.203. The van der Waals surface area contributed by atoms with E-state index in [-0.39, 0.29) is 17.8 Å². The Balaban J connectivity index is 2.40. The Hall–Kier alpha value is -0.930. The molecule has 102 valence electrons. The van der Waals surface area contributed by atoms with Gasteiger partial charge in [0.25, 0.3) is 0 Å². The molecule has 0 radical (unpaired) electrons. The molecular formula is C15H24FNO. The van der Waals surface area contributed by atoms with Crippen LogP contribution in [0.3, 0.4) is 0 Å². The minimum absolute atomic E-state index is 0.0882. The molecule has 0 saturated carbocycles. The highest BCUT2D eigenvalue weighted by Crippen LogP contribution is 2.18. The Morgan fingerprint density at radius 3 is 2.72 bits per heavy atom. The first kappa shape index (κ1) is 15.1. The topological polar surface area (TPSA) is 32.3 Å². The molecule has 3 heteroatoms. The van der Waals surface area contributed by atoms with E-state index in [1.165, 1.54) is 6.07 Å². The molecule has 1 rings (SSSR count). The molecule has 2 N–H and O–H groups in total. The minimum Gasteiger partial charge on any atom is -0.396 e. The summed E-state index contributed by atoms with van der Waals surface area (Å²) >= 11 is 0. The van der Waals surface area contributed by atoms with Crippen molar-refractivity contribution >= 4 is 0 Å². The Kier molecular flexibility index (Phi) is 5.76. The van der Waals surface area contributed by atoms with Gasteiger partial charge in [-0.2, -0.15) is 0 Å². The van der Waals surface area contributed by atoms with Crippen molar-refractivity contribution in [3.63, 3.8) is 0 Å². The molecule has 0 aliphatic carbocycles. The van der Waals surface area contributed by atoms with Crippen molar-refractivity contribution in [1.82, 2.24) is 5.32 Å². The number of halogens is 1. The maximum Gasteiger partial charge on any atom is 0.123 e. The molecule has 18 heavy (non-hydrogen) atoms. The van der Waals surface area contributed by atoms with Crippen molar-refractivity contribution in [2.45, 2.75) is 39.7 Å². The van der Waals surface area contributed by atoms with Crippen molar-refractivity contribution in [2.75, 3.05) is 13.2 Å². The molecule has 0 amide bonds. The van der Waals surface area contributed by atoms with Crippen LogP contribution in [0.2, 0.25) is 0 Å². The van der Waals surface area contributed by atoms with Gasteiger partial charge in [-0.05, 0) is 42.9 Å². The van der Waals surface area contributed by atoms with Crippen LogP contribution < -0.4 is 5.32 Å². The molecule has 0 bridgehead atoms. The van der Waals surface area contributed by atoms with Crippen LogP contribution in [0.4, 0.5) is 4.39 Å². The first-order valence-corrected chi connectivity index (χ1v) is 6.52. The number of nitrogens with one attached hydrogen (secondary N) is 1. The van der Waals surface area contributed by atoms with Crippen LogP contribution in [0.5, 0.6) is 0 Å². The smallest absolute Gasteiger partial charge is 0.123 e. The summed E-state index contributed by atoms with van der Waals surface area (Å²) in [6.45, 7) is 7.42. The lowest BCUT2D eigenvalue weighted by atomic mass is 9.89. The zero-order valence-corrected chi connectivity index (χ0v) is 11.5. The zero-order valence-electron chi connectivity index (χ0n) is 11.5. The standard InChI is InChI=1S/C15H24FNO/c1-12(17-11-15(2,3)7-8-18)9-13-5-4-6-14(16)10-13/h4-6,10,12,17-18H,7-9,11H2,1-3H3. The second-order valence-electron chi connectivity index (χ2n) is 5.75. The molecule has 0 aliphatic rings. The quantitative estimate of drug-likeness (QED) is 0.783. The highest BCUT2D eigenvalue weighted by molar-refractivity contribution is 5.17. The molecule has 0 aliphatic heterocycles. The molecule has 1 atom stereocenters. The Labute approximate surface area is 109 Å². The number of aliphatic hydroxyl groups excluding tert-OH is 1. The van der Waals surface area contributed by atoms with Crippen LogP contribution in [0.25, 0.3) is 0 Å². The average molecular weight is 253 g/mol. The van der Waals surface area contributed by atoms with Crippen molar-refractivity contribution in [2.24, 2.45) is 5.41 Å². The van der Waals surface area contributed by atoms with Crippen molar-refractivity contribution in [3.05, 3.63) is 35.6 Å². The Morgan fingerprint density at radius 1 is 1.39 bits per heavy atom. The Bertz CT molecular complexity index is 365. The van der Waals surface area contributed by atoms with Gasteiger partial charge in [-0.1, -0.05) is 26.0 Å². The van der Waals surface area contributed by atoms with Gasteiger partial charge < -0.3 is 10.4 Å². The molecule has 0 aromatic heterocycles. The maximum atomic E-state index is 13.0. The molecule has 0 spiro atoms. The van der Waals surface area contributed by atoms with E-state index in [0.29, 0.717) is 6.04 Å². The highest BCUT2D eigenvalue weighted by Gasteiger charge is 2.17. The van der Waals surface area contributed by atoms with Crippen molar-refractivity contribution in [3.8, 4) is 0 Å². The first-order valence-electron chi connectivity index (χ1n) is 6.52. The summed E-state index contributed by atoms with van der Waals surface area (Å²) < 4.78 is 13.0. The maximum absolute atomic E-state index is 13.0. The third kappa shape index (κ3) is 5.61. The van der Waals surface area contributed by atoms with E-state index in [4.69, 9.17) is 5.11 Å². The van der Waals surface area contributed by atoms with Crippen molar-refractivity contribution in [1.29, 1.82) is 0 Å². The summed E-state index contributed by atoms with van der Waals surface area (Å²) in [7, 11) is 0. The largest absolute Gasteiger partial charge is 0.396 e. The third-order valence-electron chi connectivity index (χ3n) is 3.15. The van der Waals surface area contributed by atoms with E-state index in [0.717, 1.165) is 24.9 Å². The van der Waals surface area contributed by atoms with Crippen LogP contribution in [-0.2, 0) is 6.42 Å². The lowest BCUT2D eigenvalue weighted by Gasteiger charge is -2.26.